The van der Waals surface area contributed by atoms with Gasteiger partial charge in [0, 0.05) is 17.4 Å². The summed E-state index contributed by atoms with van der Waals surface area (Å²) >= 11 is 1.62. The van der Waals surface area contributed by atoms with E-state index < -0.39 is 0 Å². The summed E-state index contributed by atoms with van der Waals surface area (Å²) in [7, 11) is 1.68. The van der Waals surface area contributed by atoms with E-state index in [2.05, 4.69) is 49.5 Å². The van der Waals surface area contributed by atoms with Crippen LogP contribution in [0.25, 0.3) is 0 Å². The average Bonchev–Trinajstić information content (AvgIpc) is 2.61. The van der Waals surface area contributed by atoms with Gasteiger partial charge in [-0.25, -0.2) is 0 Å². The number of carbonyl (C=O) groups excluding carboxylic acids is 1. The van der Waals surface area contributed by atoms with E-state index in [4.69, 9.17) is 4.74 Å². The van der Waals surface area contributed by atoms with Crippen LogP contribution in [0.2, 0.25) is 0 Å². The first-order valence-electron chi connectivity index (χ1n) is 8.63. The maximum absolute atomic E-state index is 12.1. The van der Waals surface area contributed by atoms with E-state index in [1.165, 1.54) is 11.1 Å². The van der Waals surface area contributed by atoms with Gasteiger partial charge in [0.15, 0.2) is 0 Å². The molecule has 2 rings (SSSR count). The van der Waals surface area contributed by atoms with Gasteiger partial charge in [-0.05, 0) is 38.3 Å². The number of carbonyl (C=O) groups is 1. The third-order valence-electron chi connectivity index (χ3n) is 4.04. The van der Waals surface area contributed by atoms with Gasteiger partial charge in [0.05, 0.1) is 12.9 Å². The number of nitrogens with one attached hydrogen (secondary N) is 1. The van der Waals surface area contributed by atoms with Crippen LogP contribution >= 0.6 is 11.8 Å². The standard InChI is InChI=1S/C21H27NO2S/c1-16-9-12-20(24-3)19(13-16)14-25-15-21(23)22-17(2)10-11-18-7-5-4-6-8-18/h4-9,12-13,17H,10-11,14-15H2,1-3H3,(H,22,23)/t17-/m0/s1. The van der Waals surface area contributed by atoms with E-state index in [0.29, 0.717) is 5.75 Å². The molecule has 0 aliphatic carbocycles. The predicted octanol–water partition coefficient (Wildman–Crippen LogP) is 4.37. The largest absolute Gasteiger partial charge is 0.496 e. The third-order valence-corrected chi connectivity index (χ3v) is 5.02. The molecule has 0 spiro atoms. The van der Waals surface area contributed by atoms with Crippen LogP contribution in [-0.2, 0) is 17.0 Å². The van der Waals surface area contributed by atoms with Crippen molar-refractivity contribution in [3.8, 4) is 5.75 Å². The van der Waals surface area contributed by atoms with Crippen LogP contribution in [0.5, 0.6) is 5.75 Å². The van der Waals surface area contributed by atoms with Gasteiger partial charge in [-0.1, -0.05) is 48.0 Å². The number of benzene rings is 2. The predicted molar refractivity (Wildman–Crippen MR) is 106 cm³/mol. The molecule has 4 heteroatoms. The molecule has 0 fully saturated rings. The zero-order valence-corrected chi connectivity index (χ0v) is 16.1. The third kappa shape index (κ3) is 6.83. The van der Waals surface area contributed by atoms with Crippen LogP contribution < -0.4 is 10.1 Å². The lowest BCUT2D eigenvalue weighted by molar-refractivity contribution is -0.119. The molecular weight excluding hydrogens is 330 g/mol. The second-order valence-electron chi connectivity index (χ2n) is 6.30. The van der Waals surface area contributed by atoms with Gasteiger partial charge in [0.1, 0.15) is 5.75 Å². The maximum Gasteiger partial charge on any atom is 0.230 e. The van der Waals surface area contributed by atoms with Crippen molar-refractivity contribution in [1.29, 1.82) is 0 Å². The fourth-order valence-corrected chi connectivity index (χ4v) is 3.51. The van der Waals surface area contributed by atoms with Crippen LogP contribution in [-0.4, -0.2) is 24.8 Å². The summed E-state index contributed by atoms with van der Waals surface area (Å²) < 4.78 is 5.38. The fraction of sp³-hybridized carbons (Fsp3) is 0.381. The molecule has 2 aromatic carbocycles. The van der Waals surface area contributed by atoms with Gasteiger partial charge in [0.25, 0.3) is 0 Å². The molecule has 0 aliphatic rings. The second-order valence-corrected chi connectivity index (χ2v) is 7.29. The van der Waals surface area contributed by atoms with Crippen LogP contribution in [0.15, 0.2) is 48.5 Å². The molecule has 0 radical (unpaired) electrons. The van der Waals surface area contributed by atoms with Crippen LogP contribution in [0.4, 0.5) is 0 Å². The summed E-state index contributed by atoms with van der Waals surface area (Å²) in [6, 6.07) is 16.7. The van der Waals surface area contributed by atoms with E-state index in [9.17, 15) is 4.79 Å². The number of aryl methyl sites for hydroxylation is 2. The molecule has 0 saturated heterocycles. The Balaban J connectivity index is 1.71. The first kappa shape index (κ1) is 19.4. The number of hydrogen-bond acceptors (Lipinski definition) is 3. The van der Waals surface area contributed by atoms with Gasteiger partial charge in [-0.15, -0.1) is 11.8 Å². The van der Waals surface area contributed by atoms with Crippen molar-refractivity contribution in [3.63, 3.8) is 0 Å². The van der Waals surface area contributed by atoms with Crippen molar-refractivity contribution < 1.29 is 9.53 Å². The summed E-state index contributed by atoms with van der Waals surface area (Å²) in [5, 5.41) is 3.09. The molecular formula is C21H27NO2S. The minimum atomic E-state index is 0.0946. The summed E-state index contributed by atoms with van der Waals surface area (Å²) in [6.45, 7) is 4.13. The highest BCUT2D eigenvalue weighted by Gasteiger charge is 2.09. The number of thioether (sulfide) groups is 1. The molecule has 3 nitrogen and oxygen atoms in total. The molecule has 0 saturated carbocycles. The van der Waals surface area contributed by atoms with Gasteiger partial charge in [-0.3, -0.25) is 4.79 Å². The summed E-state index contributed by atoms with van der Waals surface area (Å²) in [5.41, 5.74) is 3.65. The summed E-state index contributed by atoms with van der Waals surface area (Å²) in [4.78, 5) is 12.1. The Bertz CT molecular complexity index is 673. The highest BCUT2D eigenvalue weighted by molar-refractivity contribution is 7.99. The summed E-state index contributed by atoms with van der Waals surface area (Å²) in [5.74, 6) is 2.22. The molecule has 0 aliphatic heterocycles. The normalized spacial score (nSPS) is 11.8. The van der Waals surface area contributed by atoms with Gasteiger partial charge < -0.3 is 10.1 Å². The van der Waals surface area contributed by atoms with E-state index in [-0.39, 0.29) is 11.9 Å². The van der Waals surface area contributed by atoms with Crippen molar-refractivity contribution in [2.75, 3.05) is 12.9 Å². The summed E-state index contributed by atoms with van der Waals surface area (Å²) in [6.07, 6.45) is 1.93. The number of ether oxygens (including phenoxy) is 1. The minimum absolute atomic E-state index is 0.0946. The Labute approximate surface area is 155 Å². The minimum Gasteiger partial charge on any atom is -0.496 e. The quantitative estimate of drug-likeness (QED) is 0.724. The Morgan fingerprint density at radius 1 is 1.20 bits per heavy atom. The molecule has 1 amide bonds. The van der Waals surface area contributed by atoms with Crippen LogP contribution in [0.1, 0.15) is 30.0 Å². The number of hydrogen-bond donors (Lipinski definition) is 1. The first-order valence-corrected chi connectivity index (χ1v) is 9.78. The Kier molecular flexibility index (Phi) is 7.86. The molecule has 25 heavy (non-hydrogen) atoms. The molecule has 0 aromatic heterocycles. The smallest absolute Gasteiger partial charge is 0.230 e. The van der Waals surface area contributed by atoms with E-state index in [1.807, 2.05) is 18.2 Å². The number of rotatable bonds is 9. The molecule has 0 unspecified atom stereocenters. The Hall–Kier alpha value is -1.94. The molecule has 0 heterocycles. The Morgan fingerprint density at radius 2 is 1.96 bits per heavy atom. The van der Waals surface area contributed by atoms with Gasteiger partial charge >= 0.3 is 0 Å². The molecule has 134 valence electrons. The SMILES string of the molecule is COc1ccc(C)cc1CSCC(=O)N[C@@H](C)CCc1ccccc1. The molecule has 0 bridgehead atoms. The fourth-order valence-electron chi connectivity index (χ4n) is 2.69. The van der Waals surface area contributed by atoms with Crippen molar-refractivity contribution >= 4 is 17.7 Å². The number of amides is 1. The van der Waals surface area contributed by atoms with E-state index in [0.717, 1.165) is 29.9 Å². The van der Waals surface area contributed by atoms with Crippen molar-refractivity contribution in [2.45, 2.75) is 38.5 Å². The lowest BCUT2D eigenvalue weighted by Crippen LogP contribution is -2.34. The highest BCUT2D eigenvalue weighted by atomic mass is 32.2. The van der Waals surface area contributed by atoms with E-state index >= 15 is 0 Å². The molecule has 2 aromatic rings. The molecule has 1 atom stereocenters. The second kappa shape index (κ2) is 10.1. The highest BCUT2D eigenvalue weighted by Crippen LogP contribution is 2.24. The van der Waals surface area contributed by atoms with Crippen molar-refractivity contribution in [2.24, 2.45) is 0 Å². The first-order chi connectivity index (χ1) is 12.1. The lowest BCUT2D eigenvalue weighted by Gasteiger charge is -2.14. The monoisotopic (exact) mass is 357 g/mol. The van der Waals surface area contributed by atoms with Gasteiger partial charge in [-0.2, -0.15) is 0 Å². The van der Waals surface area contributed by atoms with Crippen LogP contribution in [0, 0.1) is 6.92 Å². The van der Waals surface area contributed by atoms with Gasteiger partial charge in [0.2, 0.25) is 5.91 Å². The van der Waals surface area contributed by atoms with Crippen molar-refractivity contribution in [1.82, 2.24) is 5.32 Å². The van der Waals surface area contributed by atoms with Crippen LogP contribution in [0.3, 0.4) is 0 Å². The lowest BCUT2D eigenvalue weighted by atomic mass is 10.1. The topological polar surface area (TPSA) is 38.3 Å². The Morgan fingerprint density at radius 3 is 2.68 bits per heavy atom. The van der Waals surface area contributed by atoms with E-state index in [1.54, 1.807) is 18.9 Å². The van der Waals surface area contributed by atoms with Crippen molar-refractivity contribution in [3.05, 3.63) is 65.2 Å². The maximum atomic E-state index is 12.1. The molecule has 1 N–H and O–H groups in total. The number of methoxy groups -OCH3 is 1. The zero-order valence-electron chi connectivity index (χ0n) is 15.2. The zero-order chi connectivity index (χ0) is 18.1. The average molecular weight is 358 g/mol.